The van der Waals surface area contributed by atoms with Gasteiger partial charge in [-0.2, -0.15) is 0 Å². The van der Waals surface area contributed by atoms with Crippen LogP contribution in [0.4, 0.5) is 4.39 Å². The van der Waals surface area contributed by atoms with Crippen LogP contribution in [0, 0.1) is 0 Å². The standard InChI is InChI=1S/C13H20FN/c1-4-5-6-10(2)12-7-8-15-13(9-12)11(3)14/h7-11H,4-6H2,1-3H3. The van der Waals surface area contributed by atoms with Gasteiger partial charge in [0.1, 0.15) is 6.17 Å². The zero-order valence-electron chi connectivity index (χ0n) is 9.83. The van der Waals surface area contributed by atoms with Crippen molar-refractivity contribution in [2.75, 3.05) is 0 Å². The van der Waals surface area contributed by atoms with E-state index in [2.05, 4.69) is 18.8 Å². The van der Waals surface area contributed by atoms with Crippen molar-refractivity contribution in [1.29, 1.82) is 0 Å². The van der Waals surface area contributed by atoms with Crippen molar-refractivity contribution in [3.05, 3.63) is 29.6 Å². The van der Waals surface area contributed by atoms with Gasteiger partial charge < -0.3 is 0 Å². The van der Waals surface area contributed by atoms with Crippen LogP contribution in [0.25, 0.3) is 0 Å². The Morgan fingerprint density at radius 3 is 2.73 bits per heavy atom. The number of alkyl halides is 1. The third-order valence-corrected chi connectivity index (χ3v) is 2.77. The van der Waals surface area contributed by atoms with E-state index in [4.69, 9.17) is 0 Å². The molecule has 1 heterocycles. The van der Waals surface area contributed by atoms with Gasteiger partial charge >= 0.3 is 0 Å². The van der Waals surface area contributed by atoms with E-state index in [0.29, 0.717) is 11.6 Å². The minimum absolute atomic E-state index is 0.505. The molecule has 2 atom stereocenters. The van der Waals surface area contributed by atoms with E-state index in [0.717, 1.165) is 0 Å². The third kappa shape index (κ3) is 3.61. The zero-order chi connectivity index (χ0) is 11.3. The molecule has 0 N–H and O–H groups in total. The molecular formula is C13H20FN. The van der Waals surface area contributed by atoms with Gasteiger partial charge in [0.05, 0.1) is 5.69 Å². The van der Waals surface area contributed by atoms with E-state index in [9.17, 15) is 4.39 Å². The molecule has 0 saturated heterocycles. The fourth-order valence-corrected chi connectivity index (χ4v) is 1.67. The van der Waals surface area contributed by atoms with Gasteiger partial charge in [0.25, 0.3) is 0 Å². The lowest BCUT2D eigenvalue weighted by atomic mass is 9.95. The van der Waals surface area contributed by atoms with E-state index >= 15 is 0 Å². The van der Waals surface area contributed by atoms with Crippen LogP contribution in [0.5, 0.6) is 0 Å². The van der Waals surface area contributed by atoms with E-state index < -0.39 is 6.17 Å². The summed E-state index contributed by atoms with van der Waals surface area (Å²) in [7, 11) is 0. The van der Waals surface area contributed by atoms with Crippen LogP contribution in [-0.2, 0) is 0 Å². The van der Waals surface area contributed by atoms with Gasteiger partial charge in [-0.3, -0.25) is 4.98 Å². The number of rotatable bonds is 5. The van der Waals surface area contributed by atoms with Crippen molar-refractivity contribution in [3.8, 4) is 0 Å². The Bertz CT molecular complexity index is 296. The van der Waals surface area contributed by atoms with Crippen LogP contribution in [-0.4, -0.2) is 4.98 Å². The molecule has 0 aliphatic heterocycles. The van der Waals surface area contributed by atoms with E-state index in [1.54, 1.807) is 6.20 Å². The molecular weight excluding hydrogens is 189 g/mol. The lowest BCUT2D eigenvalue weighted by molar-refractivity contribution is 0.365. The van der Waals surface area contributed by atoms with Crippen LogP contribution >= 0.6 is 0 Å². The molecule has 1 rings (SSSR count). The second-order valence-corrected chi connectivity index (χ2v) is 4.17. The highest BCUT2D eigenvalue weighted by atomic mass is 19.1. The third-order valence-electron chi connectivity index (χ3n) is 2.77. The second kappa shape index (κ2) is 5.84. The van der Waals surface area contributed by atoms with E-state index in [1.165, 1.54) is 31.7 Å². The average molecular weight is 209 g/mol. The van der Waals surface area contributed by atoms with Gasteiger partial charge in [-0.05, 0) is 37.0 Å². The fourth-order valence-electron chi connectivity index (χ4n) is 1.67. The Kier molecular flexibility index (Phi) is 4.73. The SMILES string of the molecule is CCCCC(C)c1ccnc(C(C)F)c1. The summed E-state index contributed by atoms with van der Waals surface area (Å²) >= 11 is 0. The van der Waals surface area contributed by atoms with E-state index in [-0.39, 0.29) is 0 Å². The van der Waals surface area contributed by atoms with Crippen molar-refractivity contribution < 1.29 is 4.39 Å². The predicted molar refractivity (Wildman–Crippen MR) is 61.7 cm³/mol. The molecule has 0 fully saturated rings. The smallest absolute Gasteiger partial charge is 0.139 e. The normalized spacial score (nSPS) is 14.9. The Labute approximate surface area is 91.7 Å². The first-order valence-electron chi connectivity index (χ1n) is 5.75. The van der Waals surface area contributed by atoms with Crippen LogP contribution in [0.2, 0.25) is 0 Å². The van der Waals surface area contributed by atoms with Crippen LogP contribution in [0.3, 0.4) is 0 Å². The predicted octanol–water partition coefficient (Wildman–Crippen LogP) is 4.41. The minimum atomic E-state index is -0.969. The summed E-state index contributed by atoms with van der Waals surface area (Å²) in [6.07, 6.45) is 4.35. The molecule has 0 spiro atoms. The summed E-state index contributed by atoms with van der Waals surface area (Å²) in [5, 5.41) is 0. The molecule has 0 aromatic carbocycles. The molecule has 1 nitrogen and oxygen atoms in total. The van der Waals surface area contributed by atoms with Gasteiger partial charge in [-0.25, -0.2) is 4.39 Å². The fraction of sp³-hybridized carbons (Fsp3) is 0.615. The first-order chi connectivity index (χ1) is 7.15. The molecule has 1 aromatic heterocycles. The number of hydrogen-bond donors (Lipinski definition) is 0. The summed E-state index contributed by atoms with van der Waals surface area (Å²) in [5.41, 5.74) is 1.76. The van der Waals surface area contributed by atoms with Crippen LogP contribution in [0.15, 0.2) is 18.3 Å². The molecule has 0 amide bonds. The largest absolute Gasteiger partial charge is 0.258 e. The van der Waals surface area contributed by atoms with Crippen molar-refractivity contribution in [1.82, 2.24) is 4.98 Å². The first-order valence-corrected chi connectivity index (χ1v) is 5.75. The lowest BCUT2D eigenvalue weighted by Crippen LogP contribution is -1.98. The molecule has 2 unspecified atom stereocenters. The number of nitrogens with zero attached hydrogens (tertiary/aromatic N) is 1. The minimum Gasteiger partial charge on any atom is -0.258 e. The van der Waals surface area contributed by atoms with Gasteiger partial charge in [0, 0.05) is 6.20 Å². The maximum Gasteiger partial charge on any atom is 0.139 e. The molecule has 2 heteroatoms. The highest BCUT2D eigenvalue weighted by Gasteiger charge is 2.09. The van der Waals surface area contributed by atoms with Crippen LogP contribution in [0.1, 0.15) is 63.4 Å². The number of aromatic nitrogens is 1. The maximum atomic E-state index is 13.1. The number of unbranched alkanes of at least 4 members (excludes halogenated alkanes) is 1. The molecule has 0 bridgehead atoms. The summed E-state index contributed by atoms with van der Waals surface area (Å²) < 4.78 is 13.1. The summed E-state index contributed by atoms with van der Waals surface area (Å²) in [5.74, 6) is 0.505. The van der Waals surface area contributed by atoms with E-state index in [1.807, 2.05) is 12.1 Å². The highest BCUT2D eigenvalue weighted by Crippen LogP contribution is 2.23. The number of hydrogen-bond acceptors (Lipinski definition) is 1. The van der Waals surface area contributed by atoms with Crippen molar-refractivity contribution >= 4 is 0 Å². The summed E-state index contributed by atoms with van der Waals surface area (Å²) in [6.45, 7) is 5.91. The maximum absolute atomic E-state index is 13.1. The molecule has 0 saturated carbocycles. The van der Waals surface area contributed by atoms with Crippen molar-refractivity contribution in [3.63, 3.8) is 0 Å². The molecule has 0 radical (unpaired) electrons. The number of pyridine rings is 1. The van der Waals surface area contributed by atoms with Gasteiger partial charge in [0.2, 0.25) is 0 Å². The average Bonchev–Trinajstić information content (AvgIpc) is 2.26. The summed E-state index contributed by atoms with van der Waals surface area (Å²) in [6, 6.07) is 3.89. The number of halogens is 1. The second-order valence-electron chi connectivity index (χ2n) is 4.17. The topological polar surface area (TPSA) is 12.9 Å². The molecule has 0 aliphatic rings. The quantitative estimate of drug-likeness (QED) is 0.700. The van der Waals surface area contributed by atoms with Crippen LogP contribution < -0.4 is 0 Å². The summed E-state index contributed by atoms with van der Waals surface area (Å²) in [4.78, 5) is 4.03. The molecule has 0 aliphatic carbocycles. The van der Waals surface area contributed by atoms with Crippen molar-refractivity contribution in [2.24, 2.45) is 0 Å². The monoisotopic (exact) mass is 209 g/mol. The van der Waals surface area contributed by atoms with Gasteiger partial charge in [-0.15, -0.1) is 0 Å². The lowest BCUT2D eigenvalue weighted by Gasteiger charge is -2.12. The Hall–Kier alpha value is -0.920. The Balaban J connectivity index is 2.71. The Morgan fingerprint density at radius 1 is 1.40 bits per heavy atom. The first kappa shape index (κ1) is 12.2. The van der Waals surface area contributed by atoms with Gasteiger partial charge in [0.15, 0.2) is 0 Å². The van der Waals surface area contributed by atoms with Gasteiger partial charge in [-0.1, -0.05) is 26.7 Å². The molecule has 15 heavy (non-hydrogen) atoms. The molecule has 84 valence electrons. The highest BCUT2D eigenvalue weighted by molar-refractivity contribution is 5.21. The molecule has 1 aromatic rings. The van der Waals surface area contributed by atoms with Crippen molar-refractivity contribution in [2.45, 2.75) is 52.1 Å². The zero-order valence-corrected chi connectivity index (χ0v) is 9.83. The Morgan fingerprint density at radius 2 is 2.13 bits per heavy atom.